The number of hydrogen-bond acceptors (Lipinski definition) is 6. The fourth-order valence-corrected chi connectivity index (χ4v) is 5.55. The molecule has 0 aromatic heterocycles. The number of rotatable bonds is 5. The average Bonchev–Trinajstić information content (AvgIpc) is 3.23. The first-order valence-corrected chi connectivity index (χ1v) is 11.9. The summed E-state index contributed by atoms with van der Waals surface area (Å²) in [7, 11) is 0. The van der Waals surface area contributed by atoms with Gasteiger partial charge in [-0.2, -0.15) is 0 Å². The molecule has 2 amide bonds. The summed E-state index contributed by atoms with van der Waals surface area (Å²) in [4.78, 5) is 28.6. The molecule has 168 valence electrons. The molecule has 2 N–H and O–H groups in total. The zero-order valence-electron chi connectivity index (χ0n) is 18.3. The lowest BCUT2D eigenvalue weighted by atomic mass is 9.96. The Kier molecular flexibility index (Phi) is 6.25. The van der Waals surface area contributed by atoms with Crippen LogP contribution in [0.3, 0.4) is 0 Å². The fourth-order valence-electron chi connectivity index (χ4n) is 5.55. The van der Waals surface area contributed by atoms with Crippen LogP contribution in [0.2, 0.25) is 0 Å². The van der Waals surface area contributed by atoms with Crippen LogP contribution < -0.4 is 15.5 Å². The van der Waals surface area contributed by atoms with E-state index in [1.54, 1.807) is 0 Å². The summed E-state index contributed by atoms with van der Waals surface area (Å²) in [5.41, 5.74) is 4.00. The predicted molar refractivity (Wildman–Crippen MR) is 119 cm³/mol. The molecule has 1 aromatic carbocycles. The lowest BCUT2D eigenvalue weighted by molar-refractivity contribution is -0.137. The summed E-state index contributed by atoms with van der Waals surface area (Å²) < 4.78 is 6.21. The Balaban J connectivity index is 1.17. The Morgan fingerprint density at radius 1 is 1.00 bits per heavy atom. The highest BCUT2D eigenvalue weighted by molar-refractivity contribution is 6.00. The number of ether oxygens (including phenoxy) is 1. The number of imide groups is 1. The third kappa shape index (κ3) is 4.64. The number of carbonyl (C=O) groups is 2. The van der Waals surface area contributed by atoms with Gasteiger partial charge >= 0.3 is 0 Å². The third-order valence-corrected chi connectivity index (χ3v) is 7.44. The number of nitrogens with one attached hydrogen (secondary N) is 2. The highest BCUT2D eigenvalue weighted by Gasteiger charge is 2.36. The van der Waals surface area contributed by atoms with Gasteiger partial charge in [-0.25, -0.2) is 0 Å². The zero-order valence-corrected chi connectivity index (χ0v) is 18.3. The van der Waals surface area contributed by atoms with Crippen molar-refractivity contribution in [3.05, 3.63) is 29.3 Å². The van der Waals surface area contributed by atoms with Crippen molar-refractivity contribution in [1.82, 2.24) is 15.5 Å². The summed E-state index contributed by atoms with van der Waals surface area (Å²) in [6.45, 7) is 6.77. The number of hydrogen-bond donors (Lipinski definition) is 2. The fraction of sp³-hybridized carbons (Fsp3) is 0.667. The number of carbonyl (C=O) groups excluding carboxylic acids is 2. The second-order valence-electron chi connectivity index (χ2n) is 9.50. The molecule has 3 fully saturated rings. The molecule has 1 atom stereocenters. The van der Waals surface area contributed by atoms with Crippen molar-refractivity contribution < 1.29 is 14.3 Å². The van der Waals surface area contributed by atoms with Gasteiger partial charge in [0.05, 0.1) is 12.1 Å². The minimum Gasteiger partial charge on any atom is -0.378 e. The normalized spacial score (nSPS) is 26.2. The monoisotopic (exact) mass is 426 g/mol. The molecule has 0 saturated carbocycles. The Labute approximate surface area is 184 Å². The molecule has 31 heavy (non-hydrogen) atoms. The SMILES string of the molecule is O=C1CCC(N2Cc3cccc(N4CCC(COC5CCNCC5)CC4)c3C2)C(=O)N1. The van der Waals surface area contributed by atoms with Gasteiger partial charge in [0.15, 0.2) is 0 Å². The summed E-state index contributed by atoms with van der Waals surface area (Å²) in [6.07, 6.45) is 6.11. The van der Waals surface area contributed by atoms with Crippen molar-refractivity contribution in [2.75, 3.05) is 37.7 Å². The van der Waals surface area contributed by atoms with Crippen LogP contribution >= 0.6 is 0 Å². The first-order chi connectivity index (χ1) is 15.2. The molecule has 7 nitrogen and oxygen atoms in total. The number of benzene rings is 1. The molecule has 0 aliphatic carbocycles. The highest BCUT2D eigenvalue weighted by Crippen LogP contribution is 2.35. The Morgan fingerprint density at radius 2 is 1.81 bits per heavy atom. The van der Waals surface area contributed by atoms with E-state index in [4.69, 9.17) is 4.74 Å². The quantitative estimate of drug-likeness (QED) is 0.700. The van der Waals surface area contributed by atoms with Gasteiger partial charge in [-0.1, -0.05) is 12.1 Å². The largest absolute Gasteiger partial charge is 0.378 e. The van der Waals surface area contributed by atoms with Gasteiger partial charge < -0.3 is 15.0 Å². The average molecular weight is 427 g/mol. The van der Waals surface area contributed by atoms with Crippen molar-refractivity contribution in [3.63, 3.8) is 0 Å². The lowest BCUT2D eigenvalue weighted by Gasteiger charge is -2.35. The van der Waals surface area contributed by atoms with Crippen LogP contribution in [0.15, 0.2) is 18.2 Å². The van der Waals surface area contributed by atoms with E-state index in [0.29, 0.717) is 24.9 Å². The highest BCUT2D eigenvalue weighted by atomic mass is 16.5. The van der Waals surface area contributed by atoms with E-state index in [9.17, 15) is 9.59 Å². The van der Waals surface area contributed by atoms with Gasteiger partial charge in [0.25, 0.3) is 0 Å². The standard InChI is InChI=1S/C24H34N4O3/c29-23-5-4-22(24(30)26-23)28-14-18-2-1-3-21(20(18)15-28)27-12-8-17(9-13-27)16-31-19-6-10-25-11-7-19/h1-3,17,19,22,25H,4-16H2,(H,26,29,30). The van der Waals surface area contributed by atoms with E-state index in [1.807, 2.05) is 0 Å². The van der Waals surface area contributed by atoms with Gasteiger partial charge in [0, 0.05) is 44.9 Å². The van der Waals surface area contributed by atoms with Gasteiger partial charge in [-0.05, 0) is 68.3 Å². The van der Waals surface area contributed by atoms with Crippen LogP contribution in [-0.2, 0) is 27.4 Å². The molecule has 4 heterocycles. The summed E-state index contributed by atoms with van der Waals surface area (Å²) in [6, 6.07) is 6.37. The van der Waals surface area contributed by atoms with Gasteiger partial charge in [0.1, 0.15) is 0 Å². The molecule has 4 aliphatic heterocycles. The summed E-state index contributed by atoms with van der Waals surface area (Å²) in [5.74, 6) is 0.369. The van der Waals surface area contributed by atoms with E-state index in [0.717, 1.165) is 58.7 Å². The molecule has 1 unspecified atom stereocenters. The maximum atomic E-state index is 12.3. The number of nitrogens with zero attached hydrogens (tertiary/aromatic N) is 2. The van der Waals surface area contributed by atoms with Crippen LogP contribution in [0.1, 0.15) is 49.7 Å². The second-order valence-corrected chi connectivity index (χ2v) is 9.50. The molecule has 0 bridgehead atoms. The van der Waals surface area contributed by atoms with E-state index in [2.05, 4.69) is 38.6 Å². The molecule has 3 saturated heterocycles. The number of piperidine rings is 3. The molecule has 0 spiro atoms. The molecular weight excluding hydrogens is 392 g/mol. The van der Waals surface area contributed by atoms with Gasteiger partial charge in [0.2, 0.25) is 11.8 Å². The summed E-state index contributed by atoms with van der Waals surface area (Å²) >= 11 is 0. The van der Waals surface area contributed by atoms with Crippen LogP contribution in [0.25, 0.3) is 0 Å². The van der Waals surface area contributed by atoms with Crippen LogP contribution in [0, 0.1) is 5.92 Å². The maximum absolute atomic E-state index is 12.3. The first-order valence-electron chi connectivity index (χ1n) is 11.9. The van der Waals surface area contributed by atoms with Crippen molar-refractivity contribution >= 4 is 17.5 Å². The second kappa shape index (κ2) is 9.27. The Bertz CT molecular complexity index is 815. The van der Waals surface area contributed by atoms with E-state index >= 15 is 0 Å². The minimum atomic E-state index is -0.198. The van der Waals surface area contributed by atoms with E-state index < -0.39 is 0 Å². The topological polar surface area (TPSA) is 73.9 Å². The van der Waals surface area contributed by atoms with Crippen LogP contribution in [-0.4, -0.2) is 61.6 Å². The van der Waals surface area contributed by atoms with Crippen molar-refractivity contribution in [2.24, 2.45) is 5.92 Å². The van der Waals surface area contributed by atoms with E-state index in [1.165, 1.54) is 29.7 Å². The van der Waals surface area contributed by atoms with Crippen molar-refractivity contribution in [3.8, 4) is 0 Å². The molecule has 1 aromatic rings. The minimum absolute atomic E-state index is 0.139. The Hall–Kier alpha value is -1.96. The zero-order chi connectivity index (χ0) is 21.2. The lowest BCUT2D eigenvalue weighted by Crippen LogP contribution is -2.50. The van der Waals surface area contributed by atoms with Crippen LogP contribution in [0.5, 0.6) is 0 Å². The molecule has 4 aliphatic rings. The number of fused-ring (bicyclic) bond motifs is 1. The van der Waals surface area contributed by atoms with Crippen LogP contribution in [0.4, 0.5) is 5.69 Å². The van der Waals surface area contributed by atoms with Gasteiger partial charge in [-0.3, -0.25) is 19.8 Å². The smallest absolute Gasteiger partial charge is 0.243 e. The molecule has 7 heteroatoms. The van der Waals surface area contributed by atoms with Gasteiger partial charge in [-0.15, -0.1) is 0 Å². The Morgan fingerprint density at radius 3 is 2.58 bits per heavy atom. The van der Waals surface area contributed by atoms with Crippen molar-refractivity contribution in [1.29, 1.82) is 0 Å². The van der Waals surface area contributed by atoms with Crippen molar-refractivity contribution in [2.45, 2.75) is 63.8 Å². The predicted octanol–water partition coefficient (Wildman–Crippen LogP) is 1.79. The number of amides is 2. The third-order valence-electron chi connectivity index (χ3n) is 7.44. The van der Waals surface area contributed by atoms with E-state index in [-0.39, 0.29) is 17.9 Å². The molecular formula is C24H34N4O3. The summed E-state index contributed by atoms with van der Waals surface area (Å²) in [5, 5.41) is 5.90. The molecule has 5 rings (SSSR count). The number of anilines is 1. The molecule has 0 radical (unpaired) electrons. The maximum Gasteiger partial charge on any atom is 0.243 e. The first kappa shape index (κ1) is 20.9.